The van der Waals surface area contributed by atoms with E-state index >= 15 is 0 Å². The number of nitrogens with two attached hydrogens (primary N) is 1. The molecule has 0 aliphatic carbocycles. The van der Waals surface area contributed by atoms with E-state index in [1.807, 2.05) is 13.0 Å². The van der Waals surface area contributed by atoms with Gasteiger partial charge < -0.3 is 15.6 Å². The number of carbonyl (C=O) groups excluding carboxylic acids is 1. The van der Waals surface area contributed by atoms with Crippen molar-refractivity contribution in [3.05, 3.63) is 64.8 Å². The van der Waals surface area contributed by atoms with Gasteiger partial charge in [-0.05, 0) is 41.8 Å². The highest BCUT2D eigenvalue weighted by Crippen LogP contribution is 2.32. The molecule has 0 saturated heterocycles. The van der Waals surface area contributed by atoms with Crippen molar-refractivity contribution in [1.29, 1.82) is 5.26 Å². The van der Waals surface area contributed by atoms with Crippen LogP contribution in [0.4, 0.5) is 11.4 Å². The van der Waals surface area contributed by atoms with Crippen molar-refractivity contribution < 1.29 is 13.6 Å². The molecule has 3 rings (SSSR count). The molecule has 1 amide bonds. The largest absolute Gasteiger partial charge is 0.365 e. The first-order chi connectivity index (χ1) is 13.4. The van der Waals surface area contributed by atoms with Crippen LogP contribution in [-0.4, -0.2) is 19.7 Å². The van der Waals surface area contributed by atoms with Crippen LogP contribution >= 0.6 is 0 Å². The Morgan fingerprint density at radius 2 is 2.14 bits per heavy atom. The summed E-state index contributed by atoms with van der Waals surface area (Å²) in [5.74, 6) is -0.685. The zero-order valence-corrected chi connectivity index (χ0v) is 15.9. The highest BCUT2D eigenvalue weighted by Gasteiger charge is 2.17. The number of anilines is 2. The van der Waals surface area contributed by atoms with Gasteiger partial charge in [0.25, 0.3) is 5.91 Å². The minimum Gasteiger partial charge on any atom is -0.365 e. The van der Waals surface area contributed by atoms with Crippen LogP contribution in [0.3, 0.4) is 0 Å². The third-order valence-electron chi connectivity index (χ3n) is 4.31. The van der Waals surface area contributed by atoms with Crippen molar-refractivity contribution in [3.8, 4) is 6.07 Å². The zero-order chi connectivity index (χ0) is 20.3. The SMILES string of the molecule is CCc1cc(CS(=O)O)cc2c(Nc3cccc(C#N)c3)c(C(N)=O)cnc12. The highest BCUT2D eigenvalue weighted by atomic mass is 32.2. The van der Waals surface area contributed by atoms with Gasteiger partial charge in [0.1, 0.15) is 0 Å². The van der Waals surface area contributed by atoms with Crippen LogP contribution in [0, 0.1) is 11.3 Å². The number of rotatable bonds is 6. The minimum atomic E-state index is -2.00. The first-order valence-electron chi connectivity index (χ1n) is 8.52. The minimum absolute atomic E-state index is 0.0346. The summed E-state index contributed by atoms with van der Waals surface area (Å²) in [6, 6.07) is 12.5. The molecular formula is C20H18N4O3S. The van der Waals surface area contributed by atoms with E-state index in [9.17, 15) is 13.6 Å². The molecule has 0 fully saturated rings. The van der Waals surface area contributed by atoms with Gasteiger partial charge in [-0.1, -0.05) is 19.1 Å². The van der Waals surface area contributed by atoms with E-state index in [0.717, 1.165) is 5.56 Å². The van der Waals surface area contributed by atoms with Crippen LogP contribution in [0.15, 0.2) is 42.6 Å². The first-order valence-corrected chi connectivity index (χ1v) is 9.79. The second-order valence-electron chi connectivity index (χ2n) is 6.20. The molecule has 8 heteroatoms. The smallest absolute Gasteiger partial charge is 0.252 e. The number of carbonyl (C=O) groups is 1. The third-order valence-corrected chi connectivity index (χ3v) is 4.89. The van der Waals surface area contributed by atoms with E-state index in [1.165, 1.54) is 6.20 Å². The van der Waals surface area contributed by atoms with Gasteiger partial charge in [-0.3, -0.25) is 9.78 Å². The number of aromatic nitrogens is 1. The van der Waals surface area contributed by atoms with Crippen LogP contribution in [0.25, 0.3) is 10.9 Å². The number of pyridine rings is 1. The molecule has 7 nitrogen and oxygen atoms in total. The van der Waals surface area contributed by atoms with E-state index in [0.29, 0.717) is 39.8 Å². The lowest BCUT2D eigenvalue weighted by atomic mass is 10.0. The third kappa shape index (κ3) is 4.01. The maximum Gasteiger partial charge on any atom is 0.252 e. The quantitative estimate of drug-likeness (QED) is 0.551. The summed E-state index contributed by atoms with van der Waals surface area (Å²) in [7, 11) is 0. The molecule has 0 aliphatic rings. The summed E-state index contributed by atoms with van der Waals surface area (Å²) in [6.07, 6.45) is 2.08. The van der Waals surface area contributed by atoms with E-state index in [4.69, 9.17) is 11.0 Å². The monoisotopic (exact) mass is 394 g/mol. The highest BCUT2D eigenvalue weighted by molar-refractivity contribution is 7.78. The van der Waals surface area contributed by atoms with Gasteiger partial charge in [0.15, 0.2) is 11.1 Å². The number of primary amides is 1. The van der Waals surface area contributed by atoms with E-state index in [2.05, 4.69) is 16.4 Å². The second-order valence-corrected chi connectivity index (χ2v) is 7.13. The predicted molar refractivity (Wildman–Crippen MR) is 109 cm³/mol. The molecule has 2 aromatic carbocycles. The fraction of sp³-hybridized carbons (Fsp3) is 0.150. The number of hydrogen-bond acceptors (Lipinski definition) is 5. The Morgan fingerprint density at radius 1 is 1.36 bits per heavy atom. The van der Waals surface area contributed by atoms with Gasteiger partial charge in [0.05, 0.1) is 34.2 Å². The zero-order valence-electron chi connectivity index (χ0n) is 15.1. The van der Waals surface area contributed by atoms with Crippen molar-refractivity contribution in [2.24, 2.45) is 5.73 Å². The normalized spacial score (nSPS) is 11.8. The maximum atomic E-state index is 12.0. The van der Waals surface area contributed by atoms with Gasteiger partial charge >= 0.3 is 0 Å². The van der Waals surface area contributed by atoms with Crippen LogP contribution in [-0.2, 0) is 23.3 Å². The van der Waals surface area contributed by atoms with Gasteiger partial charge in [-0.2, -0.15) is 5.26 Å². The number of nitrogens with one attached hydrogen (secondary N) is 1. The van der Waals surface area contributed by atoms with Crippen molar-refractivity contribution in [3.63, 3.8) is 0 Å². The summed E-state index contributed by atoms with van der Waals surface area (Å²) < 4.78 is 20.6. The number of hydrogen-bond donors (Lipinski definition) is 3. The predicted octanol–water partition coefficient (Wildman–Crippen LogP) is 3.23. The van der Waals surface area contributed by atoms with Gasteiger partial charge in [0.2, 0.25) is 0 Å². The Bertz CT molecular complexity index is 1140. The molecule has 0 spiro atoms. The Hall–Kier alpha value is -3.28. The first kappa shape index (κ1) is 19.5. The van der Waals surface area contributed by atoms with E-state index in [1.54, 1.807) is 30.3 Å². The van der Waals surface area contributed by atoms with Crippen molar-refractivity contribution in [1.82, 2.24) is 4.98 Å². The Morgan fingerprint density at radius 3 is 2.79 bits per heavy atom. The lowest BCUT2D eigenvalue weighted by molar-refractivity contribution is 0.100. The van der Waals surface area contributed by atoms with Gasteiger partial charge in [0, 0.05) is 17.3 Å². The van der Waals surface area contributed by atoms with E-state index < -0.39 is 17.0 Å². The fourth-order valence-electron chi connectivity index (χ4n) is 3.07. The lowest BCUT2D eigenvalue weighted by Crippen LogP contribution is -2.14. The molecule has 28 heavy (non-hydrogen) atoms. The molecule has 3 aromatic rings. The van der Waals surface area contributed by atoms with Crippen LogP contribution in [0.2, 0.25) is 0 Å². The summed E-state index contributed by atoms with van der Waals surface area (Å²) in [5.41, 5.74) is 9.50. The number of fused-ring (bicyclic) bond motifs is 1. The van der Waals surface area contributed by atoms with Crippen LogP contribution in [0.1, 0.15) is 34.0 Å². The molecule has 1 aromatic heterocycles. The van der Waals surface area contributed by atoms with Gasteiger partial charge in [-0.15, -0.1) is 0 Å². The molecule has 1 atom stereocenters. The molecule has 4 N–H and O–H groups in total. The Balaban J connectivity index is 2.26. The van der Waals surface area contributed by atoms with Crippen molar-refractivity contribution in [2.75, 3.05) is 5.32 Å². The van der Waals surface area contributed by atoms with Crippen molar-refractivity contribution >= 4 is 39.3 Å². The molecule has 0 radical (unpaired) electrons. The average Bonchev–Trinajstić information content (AvgIpc) is 2.67. The van der Waals surface area contributed by atoms with Crippen molar-refractivity contribution in [2.45, 2.75) is 19.1 Å². The summed E-state index contributed by atoms with van der Waals surface area (Å²) in [4.78, 5) is 16.4. The number of aryl methyl sites for hydroxylation is 1. The molecule has 1 unspecified atom stereocenters. The lowest BCUT2D eigenvalue weighted by Gasteiger charge is -2.16. The summed E-state index contributed by atoms with van der Waals surface area (Å²) in [6.45, 7) is 1.96. The summed E-state index contributed by atoms with van der Waals surface area (Å²) >= 11 is -2.00. The molecular weight excluding hydrogens is 376 g/mol. The number of benzene rings is 2. The number of amides is 1. The van der Waals surface area contributed by atoms with Crippen LogP contribution < -0.4 is 11.1 Å². The number of nitrogens with zero attached hydrogens (tertiary/aromatic N) is 2. The second kappa shape index (κ2) is 8.17. The van der Waals surface area contributed by atoms with Crippen LogP contribution in [0.5, 0.6) is 0 Å². The Kier molecular flexibility index (Phi) is 5.68. The summed E-state index contributed by atoms with van der Waals surface area (Å²) in [5, 5.41) is 12.9. The van der Waals surface area contributed by atoms with E-state index in [-0.39, 0.29) is 11.3 Å². The fourth-order valence-corrected chi connectivity index (χ4v) is 3.52. The Labute approximate surface area is 164 Å². The average molecular weight is 394 g/mol. The molecule has 0 saturated carbocycles. The van der Waals surface area contributed by atoms with Gasteiger partial charge in [-0.25, -0.2) is 4.21 Å². The molecule has 0 aliphatic heterocycles. The molecule has 0 bridgehead atoms. The standard InChI is InChI=1S/C20H18N4O3S/c1-2-14-6-13(11-28(26)27)8-16-18(14)23-10-17(20(22)25)19(16)24-15-5-3-4-12(7-15)9-21/h3-8,10H,2,11H2,1H3,(H2,22,25)(H,23,24)(H,26,27). The maximum absolute atomic E-state index is 12.0. The topological polar surface area (TPSA) is 129 Å². The molecule has 142 valence electrons. The number of nitriles is 1. The molecule has 1 heterocycles.